The van der Waals surface area contributed by atoms with E-state index < -0.39 is 19.9 Å². The van der Waals surface area contributed by atoms with Crippen molar-refractivity contribution in [2.45, 2.75) is 25.3 Å². The number of hydrogen-bond acceptors (Lipinski definition) is 5. The van der Waals surface area contributed by atoms with Crippen LogP contribution in [0.25, 0.3) is 0 Å². The lowest BCUT2D eigenvalue weighted by Crippen LogP contribution is -2.29. The van der Waals surface area contributed by atoms with Gasteiger partial charge in [0, 0.05) is 18.8 Å². The molecule has 0 aliphatic rings. The summed E-state index contributed by atoms with van der Waals surface area (Å²) in [6.07, 6.45) is 0. The monoisotopic (exact) mass is 334 g/mol. The number of sulfone groups is 1. The predicted octanol–water partition coefficient (Wildman–Crippen LogP) is 0.509. The van der Waals surface area contributed by atoms with Gasteiger partial charge in [-0.15, -0.1) is 0 Å². The minimum atomic E-state index is -3.66. The molecule has 1 aromatic rings. The van der Waals surface area contributed by atoms with Gasteiger partial charge in [0.15, 0.2) is 9.84 Å². The first-order valence-electron chi connectivity index (χ1n) is 6.80. The number of benzene rings is 1. The molecule has 0 heterocycles. The first kappa shape index (κ1) is 18.1. The van der Waals surface area contributed by atoms with E-state index in [0.29, 0.717) is 6.54 Å². The van der Waals surface area contributed by atoms with Crippen LogP contribution in [-0.4, -0.2) is 41.4 Å². The number of nitrogens with one attached hydrogen (secondary N) is 2. The summed E-state index contributed by atoms with van der Waals surface area (Å²) >= 11 is 0. The molecule has 120 valence electrons. The van der Waals surface area contributed by atoms with Crippen molar-refractivity contribution in [3.8, 4) is 0 Å². The van der Waals surface area contributed by atoms with Crippen LogP contribution in [0.2, 0.25) is 0 Å². The third-order valence-corrected chi connectivity index (χ3v) is 6.14. The van der Waals surface area contributed by atoms with Crippen LogP contribution in [0.15, 0.2) is 29.2 Å². The number of hydrogen-bond donors (Lipinski definition) is 2. The Labute approximate surface area is 126 Å². The Balaban J connectivity index is 2.66. The van der Waals surface area contributed by atoms with Crippen LogP contribution >= 0.6 is 0 Å². The van der Waals surface area contributed by atoms with E-state index in [-0.39, 0.29) is 22.9 Å². The van der Waals surface area contributed by atoms with Gasteiger partial charge in [-0.1, -0.05) is 26.0 Å². The molecule has 0 aromatic heterocycles. The molecule has 0 radical (unpaired) electrons. The molecule has 0 aliphatic carbocycles. The summed E-state index contributed by atoms with van der Waals surface area (Å²) in [6.45, 7) is 4.93. The van der Waals surface area contributed by atoms with Crippen LogP contribution in [-0.2, 0) is 26.4 Å². The minimum Gasteiger partial charge on any atom is -0.313 e. The van der Waals surface area contributed by atoms with Gasteiger partial charge >= 0.3 is 0 Å². The Hall–Kier alpha value is -0.960. The van der Waals surface area contributed by atoms with E-state index in [1.165, 1.54) is 19.1 Å². The van der Waals surface area contributed by atoms with Crippen molar-refractivity contribution in [3.05, 3.63) is 29.8 Å². The fourth-order valence-corrected chi connectivity index (χ4v) is 3.48. The quantitative estimate of drug-likeness (QED) is 0.686. The van der Waals surface area contributed by atoms with Crippen molar-refractivity contribution >= 4 is 19.9 Å². The average Bonchev–Trinajstić information content (AvgIpc) is 2.45. The highest BCUT2D eigenvalue weighted by atomic mass is 32.2. The second kappa shape index (κ2) is 7.88. The first-order valence-corrected chi connectivity index (χ1v) is 10.1. The maximum absolute atomic E-state index is 12.0. The van der Waals surface area contributed by atoms with Crippen LogP contribution in [0, 0.1) is 0 Å². The normalized spacial score (nSPS) is 12.5. The van der Waals surface area contributed by atoms with Gasteiger partial charge in [0.1, 0.15) is 0 Å². The third-order valence-electron chi connectivity index (χ3n) is 2.96. The molecule has 2 N–H and O–H groups in total. The smallest absolute Gasteiger partial charge is 0.240 e. The van der Waals surface area contributed by atoms with Gasteiger partial charge in [0.05, 0.1) is 10.6 Å². The highest BCUT2D eigenvalue weighted by molar-refractivity contribution is 7.91. The van der Waals surface area contributed by atoms with Gasteiger partial charge in [0.25, 0.3) is 0 Å². The molecular formula is C13H22N2O4S2. The van der Waals surface area contributed by atoms with E-state index in [4.69, 9.17) is 0 Å². The number of rotatable bonds is 9. The Morgan fingerprint density at radius 3 is 2.14 bits per heavy atom. The van der Waals surface area contributed by atoms with Crippen molar-refractivity contribution < 1.29 is 16.8 Å². The fraction of sp³-hybridized carbons (Fsp3) is 0.538. The Bertz CT molecular complexity index is 637. The van der Waals surface area contributed by atoms with Gasteiger partial charge in [-0.2, -0.15) is 0 Å². The highest BCUT2D eigenvalue weighted by Crippen LogP contribution is 2.10. The molecular weight excluding hydrogens is 312 g/mol. The van der Waals surface area contributed by atoms with Crippen molar-refractivity contribution in [1.82, 2.24) is 10.0 Å². The second-order valence-electron chi connectivity index (χ2n) is 4.56. The van der Waals surface area contributed by atoms with E-state index in [2.05, 4.69) is 10.0 Å². The molecule has 1 aromatic carbocycles. The molecule has 6 nitrogen and oxygen atoms in total. The SMILES string of the molecule is CCNCc1ccc(S(=O)(=O)NCCS(=O)(=O)CC)cc1. The zero-order valence-corrected chi connectivity index (χ0v) is 13.9. The molecule has 0 saturated carbocycles. The van der Waals surface area contributed by atoms with Crippen LogP contribution in [0.3, 0.4) is 0 Å². The first-order chi connectivity index (χ1) is 9.80. The van der Waals surface area contributed by atoms with E-state index in [1.807, 2.05) is 6.92 Å². The Morgan fingerprint density at radius 2 is 1.62 bits per heavy atom. The standard InChI is InChI=1S/C13H22N2O4S2/c1-3-14-11-12-5-7-13(8-6-12)21(18,19)15-9-10-20(16,17)4-2/h5-8,14-15H,3-4,9-11H2,1-2H3. The fourth-order valence-electron chi connectivity index (χ4n) is 1.61. The van der Waals surface area contributed by atoms with Gasteiger partial charge in [-0.3, -0.25) is 0 Å². The van der Waals surface area contributed by atoms with E-state index in [0.717, 1.165) is 12.1 Å². The summed E-state index contributed by atoms with van der Waals surface area (Å²) in [6, 6.07) is 6.51. The summed E-state index contributed by atoms with van der Waals surface area (Å²) in [5.74, 6) is -0.185. The second-order valence-corrected chi connectivity index (χ2v) is 8.80. The third kappa shape index (κ3) is 6.13. The summed E-state index contributed by atoms with van der Waals surface area (Å²) in [4.78, 5) is 0.136. The van der Waals surface area contributed by atoms with Gasteiger partial charge in [-0.25, -0.2) is 21.6 Å². The molecule has 0 aliphatic heterocycles. The summed E-state index contributed by atoms with van der Waals surface area (Å²) in [5.41, 5.74) is 0.990. The molecule has 0 amide bonds. The molecule has 0 fully saturated rings. The number of sulfonamides is 1. The molecule has 0 unspecified atom stereocenters. The van der Waals surface area contributed by atoms with Crippen LogP contribution in [0.5, 0.6) is 0 Å². The average molecular weight is 334 g/mol. The van der Waals surface area contributed by atoms with E-state index in [1.54, 1.807) is 12.1 Å². The molecule has 0 spiro atoms. The largest absolute Gasteiger partial charge is 0.313 e. The van der Waals surface area contributed by atoms with Gasteiger partial charge in [0.2, 0.25) is 10.0 Å². The Morgan fingerprint density at radius 1 is 1.00 bits per heavy atom. The topological polar surface area (TPSA) is 92.3 Å². The van der Waals surface area contributed by atoms with Crippen molar-refractivity contribution in [2.24, 2.45) is 0 Å². The van der Waals surface area contributed by atoms with Crippen molar-refractivity contribution in [1.29, 1.82) is 0 Å². The van der Waals surface area contributed by atoms with Crippen molar-refractivity contribution in [2.75, 3.05) is 24.6 Å². The lowest BCUT2D eigenvalue weighted by atomic mass is 10.2. The van der Waals surface area contributed by atoms with Crippen molar-refractivity contribution in [3.63, 3.8) is 0 Å². The summed E-state index contributed by atoms with van der Waals surface area (Å²) in [7, 11) is -6.84. The summed E-state index contributed by atoms with van der Waals surface area (Å²) < 4.78 is 49.0. The van der Waals surface area contributed by atoms with Crippen LogP contribution in [0.4, 0.5) is 0 Å². The highest BCUT2D eigenvalue weighted by Gasteiger charge is 2.15. The molecule has 21 heavy (non-hydrogen) atoms. The molecule has 0 atom stereocenters. The van der Waals surface area contributed by atoms with Gasteiger partial charge < -0.3 is 5.32 Å². The van der Waals surface area contributed by atoms with Gasteiger partial charge in [-0.05, 0) is 24.2 Å². The van der Waals surface area contributed by atoms with E-state index in [9.17, 15) is 16.8 Å². The molecule has 1 rings (SSSR count). The lowest BCUT2D eigenvalue weighted by Gasteiger charge is -2.08. The lowest BCUT2D eigenvalue weighted by molar-refractivity contribution is 0.581. The van der Waals surface area contributed by atoms with Crippen LogP contribution in [0.1, 0.15) is 19.4 Å². The maximum Gasteiger partial charge on any atom is 0.240 e. The minimum absolute atomic E-state index is 0.00779. The zero-order chi connectivity index (χ0) is 15.9. The maximum atomic E-state index is 12.0. The molecule has 8 heteroatoms. The van der Waals surface area contributed by atoms with E-state index >= 15 is 0 Å². The van der Waals surface area contributed by atoms with Crippen LogP contribution < -0.4 is 10.0 Å². The predicted molar refractivity (Wildman–Crippen MR) is 83.3 cm³/mol. The Kier molecular flexibility index (Phi) is 6.79. The zero-order valence-electron chi connectivity index (χ0n) is 12.3. The summed E-state index contributed by atoms with van der Waals surface area (Å²) in [5, 5.41) is 3.15. The molecule has 0 saturated heterocycles. The molecule has 0 bridgehead atoms.